The lowest BCUT2D eigenvalue weighted by molar-refractivity contribution is -0.142. The first-order valence-corrected chi connectivity index (χ1v) is 11.3. The van der Waals surface area contributed by atoms with Crippen molar-refractivity contribution in [2.75, 3.05) is 6.54 Å². The van der Waals surface area contributed by atoms with Crippen LogP contribution in [0.15, 0.2) is 48.5 Å². The number of nitrogens with two attached hydrogens (primary N) is 3. The van der Waals surface area contributed by atoms with Crippen molar-refractivity contribution in [3.8, 4) is 0 Å². The van der Waals surface area contributed by atoms with Gasteiger partial charge in [-0.3, -0.25) is 9.59 Å². The second-order valence-electron chi connectivity index (χ2n) is 8.14. The summed E-state index contributed by atoms with van der Waals surface area (Å²) in [5.74, 6) is -1.83. The third kappa shape index (κ3) is 8.32. The molecule has 178 valence electrons. The highest BCUT2D eigenvalue weighted by Crippen LogP contribution is 2.23. The van der Waals surface area contributed by atoms with E-state index in [0.29, 0.717) is 19.4 Å². The summed E-state index contributed by atoms with van der Waals surface area (Å²) in [5, 5.41) is 11.6. The highest BCUT2D eigenvalue weighted by Gasteiger charge is 2.23. The predicted molar refractivity (Wildman–Crippen MR) is 128 cm³/mol. The molecule has 0 aromatic heterocycles. The molecule has 0 unspecified atom stereocenters. The molecule has 1 aliphatic rings. The zero-order valence-electron chi connectivity index (χ0n) is 18.8. The summed E-state index contributed by atoms with van der Waals surface area (Å²) in [5.41, 5.74) is 20.4. The third-order valence-corrected chi connectivity index (χ3v) is 5.61. The summed E-state index contributed by atoms with van der Waals surface area (Å²) in [6, 6.07) is 13.3. The maximum Gasteiger partial charge on any atom is 0.326 e. The molecule has 0 saturated heterocycles. The molecule has 0 spiro atoms. The number of hydrogen-bond donors (Lipinski definition) is 5. The van der Waals surface area contributed by atoms with E-state index in [1.807, 2.05) is 42.5 Å². The standard InChI is InChI=1S/C14H21N3O3.C11H13NO/c15-8-4-7-11(16)13(18)17-12(14(19)20)9-10-5-2-1-3-6-10;12-11(13)10-7-3-5-8-4-1-2-6-9(8)10/h1-3,5-6,11-12H,4,7-9,15-16H2,(H,17,18)(H,19,20);3,5,7H,1-2,4,6H2,(H2,12,13)/t11-,12-;/m0./s1. The molecular formula is C25H34N4O4. The summed E-state index contributed by atoms with van der Waals surface area (Å²) in [6.45, 7) is 0.452. The van der Waals surface area contributed by atoms with Gasteiger partial charge in [-0.05, 0) is 67.8 Å². The molecule has 8 nitrogen and oxygen atoms in total. The summed E-state index contributed by atoms with van der Waals surface area (Å²) in [4.78, 5) is 34.1. The number of carboxylic acid groups (broad SMARTS) is 1. The molecule has 2 aromatic rings. The van der Waals surface area contributed by atoms with Crippen LogP contribution in [0.5, 0.6) is 0 Å². The Balaban J connectivity index is 0.000000254. The van der Waals surface area contributed by atoms with Crippen LogP contribution in [0.1, 0.15) is 52.7 Å². The van der Waals surface area contributed by atoms with E-state index in [4.69, 9.17) is 22.3 Å². The maximum absolute atomic E-state index is 11.8. The van der Waals surface area contributed by atoms with Gasteiger partial charge in [0.05, 0.1) is 6.04 Å². The number of aryl methyl sites for hydroxylation is 1. The molecule has 0 fully saturated rings. The zero-order chi connectivity index (χ0) is 24.2. The van der Waals surface area contributed by atoms with Crippen LogP contribution in [0, 0.1) is 0 Å². The highest BCUT2D eigenvalue weighted by atomic mass is 16.4. The fraction of sp³-hybridized carbons (Fsp3) is 0.400. The van der Waals surface area contributed by atoms with Crippen molar-refractivity contribution in [1.82, 2.24) is 5.32 Å². The minimum Gasteiger partial charge on any atom is -0.480 e. The highest BCUT2D eigenvalue weighted by molar-refractivity contribution is 5.94. The SMILES string of the molecule is NC(=O)c1cccc2c1CCCC2.NCCC[C@H](N)C(=O)N[C@@H](Cc1ccccc1)C(=O)O. The van der Waals surface area contributed by atoms with Gasteiger partial charge in [0.15, 0.2) is 0 Å². The summed E-state index contributed by atoms with van der Waals surface area (Å²) in [7, 11) is 0. The number of primary amides is 1. The number of fused-ring (bicyclic) bond motifs is 1. The Labute approximate surface area is 194 Å². The number of nitrogens with one attached hydrogen (secondary N) is 1. The molecular weight excluding hydrogens is 420 g/mol. The molecule has 0 aliphatic heterocycles. The first-order chi connectivity index (χ1) is 15.8. The average molecular weight is 455 g/mol. The summed E-state index contributed by atoms with van der Waals surface area (Å²) >= 11 is 0. The number of carboxylic acids is 1. The normalized spacial score (nSPS) is 14.1. The fourth-order valence-electron chi connectivity index (χ4n) is 3.81. The molecule has 0 saturated carbocycles. The third-order valence-electron chi connectivity index (χ3n) is 5.61. The number of hydrogen-bond acceptors (Lipinski definition) is 5. The first kappa shape index (κ1) is 26.0. The fourth-order valence-corrected chi connectivity index (χ4v) is 3.81. The molecule has 1 aliphatic carbocycles. The van der Waals surface area contributed by atoms with Gasteiger partial charge < -0.3 is 27.6 Å². The second kappa shape index (κ2) is 13.3. The molecule has 2 aromatic carbocycles. The zero-order valence-corrected chi connectivity index (χ0v) is 18.8. The van der Waals surface area contributed by atoms with Gasteiger partial charge in [0.2, 0.25) is 11.8 Å². The summed E-state index contributed by atoms with van der Waals surface area (Å²) < 4.78 is 0. The Hall–Kier alpha value is -3.23. The smallest absolute Gasteiger partial charge is 0.326 e. The van der Waals surface area contributed by atoms with Crippen molar-refractivity contribution in [2.45, 2.75) is 57.0 Å². The topological polar surface area (TPSA) is 162 Å². The van der Waals surface area contributed by atoms with Gasteiger partial charge in [-0.2, -0.15) is 0 Å². The Bertz CT molecular complexity index is 933. The van der Waals surface area contributed by atoms with Crippen LogP contribution in [-0.2, 0) is 28.9 Å². The number of amides is 2. The minimum atomic E-state index is -1.08. The number of carbonyl (C=O) groups excluding carboxylic acids is 2. The molecule has 2 amide bonds. The first-order valence-electron chi connectivity index (χ1n) is 11.3. The van der Waals surface area contributed by atoms with Crippen LogP contribution in [-0.4, -0.2) is 41.5 Å². The van der Waals surface area contributed by atoms with Crippen LogP contribution < -0.4 is 22.5 Å². The largest absolute Gasteiger partial charge is 0.480 e. The second-order valence-corrected chi connectivity index (χ2v) is 8.14. The Morgan fingerprint density at radius 1 is 1.00 bits per heavy atom. The summed E-state index contributed by atoms with van der Waals surface area (Å²) in [6.07, 6.45) is 5.81. The lowest BCUT2D eigenvalue weighted by atomic mass is 9.88. The minimum absolute atomic E-state index is 0.228. The van der Waals surface area contributed by atoms with Crippen molar-refractivity contribution in [2.24, 2.45) is 17.2 Å². The van der Waals surface area contributed by atoms with Crippen LogP contribution in [0.4, 0.5) is 0 Å². The van der Waals surface area contributed by atoms with Crippen LogP contribution >= 0.6 is 0 Å². The maximum atomic E-state index is 11.8. The van der Waals surface area contributed by atoms with Crippen molar-refractivity contribution < 1.29 is 19.5 Å². The number of benzene rings is 2. The van der Waals surface area contributed by atoms with Crippen molar-refractivity contribution in [1.29, 1.82) is 0 Å². The van der Waals surface area contributed by atoms with E-state index >= 15 is 0 Å². The lowest BCUT2D eigenvalue weighted by Gasteiger charge is -2.17. The van der Waals surface area contributed by atoms with Crippen molar-refractivity contribution in [3.63, 3.8) is 0 Å². The molecule has 3 rings (SSSR count). The van der Waals surface area contributed by atoms with E-state index in [0.717, 1.165) is 24.0 Å². The van der Waals surface area contributed by atoms with Gasteiger partial charge in [0.1, 0.15) is 6.04 Å². The lowest BCUT2D eigenvalue weighted by Crippen LogP contribution is -2.49. The Morgan fingerprint density at radius 3 is 2.33 bits per heavy atom. The quantitative estimate of drug-likeness (QED) is 0.386. The molecule has 8 heteroatoms. The van der Waals surface area contributed by atoms with Gasteiger partial charge in [-0.25, -0.2) is 4.79 Å². The Morgan fingerprint density at radius 2 is 1.70 bits per heavy atom. The van der Waals surface area contributed by atoms with E-state index in [9.17, 15) is 14.4 Å². The van der Waals surface area contributed by atoms with Crippen molar-refractivity contribution in [3.05, 3.63) is 70.8 Å². The van der Waals surface area contributed by atoms with Crippen LogP contribution in [0.25, 0.3) is 0 Å². The number of aliphatic carboxylic acids is 1. The van der Waals surface area contributed by atoms with Gasteiger partial charge >= 0.3 is 5.97 Å². The molecule has 8 N–H and O–H groups in total. The molecule has 0 radical (unpaired) electrons. The van der Waals surface area contributed by atoms with E-state index < -0.39 is 24.0 Å². The number of carbonyl (C=O) groups is 3. The predicted octanol–water partition coefficient (Wildman–Crippen LogP) is 1.53. The van der Waals surface area contributed by atoms with Gasteiger partial charge in [0, 0.05) is 12.0 Å². The monoisotopic (exact) mass is 454 g/mol. The van der Waals surface area contributed by atoms with Gasteiger partial charge in [0.25, 0.3) is 0 Å². The Kier molecular flexibility index (Phi) is 10.5. The van der Waals surface area contributed by atoms with E-state index in [1.54, 1.807) is 0 Å². The van der Waals surface area contributed by atoms with Gasteiger partial charge in [-0.1, -0.05) is 42.5 Å². The van der Waals surface area contributed by atoms with E-state index in [-0.39, 0.29) is 12.3 Å². The molecule has 0 bridgehead atoms. The van der Waals surface area contributed by atoms with Crippen LogP contribution in [0.2, 0.25) is 0 Å². The van der Waals surface area contributed by atoms with Crippen molar-refractivity contribution >= 4 is 17.8 Å². The molecule has 33 heavy (non-hydrogen) atoms. The van der Waals surface area contributed by atoms with E-state index in [2.05, 4.69) is 11.4 Å². The van der Waals surface area contributed by atoms with Gasteiger partial charge in [-0.15, -0.1) is 0 Å². The molecule has 2 atom stereocenters. The molecule has 0 heterocycles. The van der Waals surface area contributed by atoms with Crippen LogP contribution in [0.3, 0.4) is 0 Å². The number of rotatable bonds is 9. The average Bonchev–Trinajstić information content (AvgIpc) is 2.82. The van der Waals surface area contributed by atoms with E-state index in [1.165, 1.54) is 24.0 Å².